The van der Waals surface area contributed by atoms with Crippen LogP contribution in [0.5, 0.6) is 0 Å². The van der Waals surface area contributed by atoms with Gasteiger partial charge in [0, 0.05) is 37.6 Å². The van der Waals surface area contributed by atoms with Crippen molar-refractivity contribution in [2.45, 2.75) is 45.8 Å². The number of aromatic nitrogens is 6. The smallest absolute Gasteiger partial charge is 0.293 e. The highest BCUT2D eigenvalue weighted by molar-refractivity contribution is 5.77. The van der Waals surface area contributed by atoms with E-state index in [0.29, 0.717) is 24.1 Å². The molecule has 0 unspecified atom stereocenters. The molecule has 9 nitrogen and oxygen atoms in total. The molecule has 1 fully saturated rings. The maximum atomic E-state index is 13.3. The quantitative estimate of drug-likeness (QED) is 0.552. The Hall–Kier alpha value is -3.20. The van der Waals surface area contributed by atoms with E-state index in [0.717, 1.165) is 48.9 Å². The highest BCUT2D eigenvalue weighted by atomic mass is 16.1. The first-order chi connectivity index (χ1) is 14.5. The Bertz CT molecular complexity index is 1280. The molecule has 1 atom stereocenters. The second-order valence-corrected chi connectivity index (χ2v) is 7.97. The number of hydrogen-bond acceptors (Lipinski definition) is 6. The van der Waals surface area contributed by atoms with Gasteiger partial charge < -0.3 is 19.6 Å². The number of fused-ring (bicyclic) bond motifs is 2. The van der Waals surface area contributed by atoms with Crippen LogP contribution < -0.4 is 16.2 Å². The number of aryl methyl sites for hydroxylation is 2. The van der Waals surface area contributed by atoms with Gasteiger partial charge in [0.25, 0.3) is 5.56 Å². The predicted molar refractivity (Wildman–Crippen MR) is 116 cm³/mol. The Morgan fingerprint density at radius 3 is 2.90 bits per heavy atom. The maximum Gasteiger partial charge on any atom is 0.293 e. The first kappa shape index (κ1) is 18.8. The van der Waals surface area contributed by atoms with Gasteiger partial charge in [0.05, 0.1) is 18.4 Å². The molecule has 0 spiro atoms. The Labute approximate surface area is 173 Å². The van der Waals surface area contributed by atoms with E-state index in [1.54, 1.807) is 6.20 Å². The summed E-state index contributed by atoms with van der Waals surface area (Å²) in [4.78, 5) is 24.9. The molecule has 1 saturated heterocycles. The lowest BCUT2D eigenvalue weighted by molar-refractivity contribution is 0.494. The maximum absolute atomic E-state index is 13.3. The van der Waals surface area contributed by atoms with E-state index >= 15 is 0 Å². The third-order valence-electron chi connectivity index (χ3n) is 5.85. The standard InChI is InChI=1S/C21H26N8O/c1-3-27-19-17(25-21(27)26-9-5-7-15(22)11-26)10-23-29(20(19)30)13-16-12-28-14(2)6-4-8-18(28)24-16/h4,6,8,10,12,15H,3,5,7,9,11,13,22H2,1-2H3/t15-/m1/s1. The highest BCUT2D eigenvalue weighted by Gasteiger charge is 2.24. The van der Waals surface area contributed by atoms with E-state index < -0.39 is 0 Å². The number of pyridine rings is 1. The van der Waals surface area contributed by atoms with E-state index in [1.807, 2.05) is 47.2 Å². The summed E-state index contributed by atoms with van der Waals surface area (Å²) in [5.41, 5.74) is 9.97. The Morgan fingerprint density at radius 2 is 2.13 bits per heavy atom. The molecule has 2 N–H and O–H groups in total. The third kappa shape index (κ3) is 3.06. The zero-order chi connectivity index (χ0) is 20.8. The topological polar surface area (TPSA) is 99.3 Å². The molecule has 0 aromatic carbocycles. The number of hydrogen-bond donors (Lipinski definition) is 1. The summed E-state index contributed by atoms with van der Waals surface area (Å²) >= 11 is 0. The van der Waals surface area contributed by atoms with Crippen molar-refractivity contribution in [3.63, 3.8) is 0 Å². The summed E-state index contributed by atoms with van der Waals surface area (Å²) in [7, 11) is 0. The van der Waals surface area contributed by atoms with E-state index in [2.05, 4.69) is 15.0 Å². The fraction of sp³-hybridized carbons (Fsp3) is 0.429. The number of nitrogens with zero attached hydrogens (tertiary/aromatic N) is 7. The van der Waals surface area contributed by atoms with E-state index in [-0.39, 0.29) is 11.6 Å². The zero-order valence-corrected chi connectivity index (χ0v) is 17.3. The van der Waals surface area contributed by atoms with Gasteiger partial charge in [-0.15, -0.1) is 0 Å². The molecular weight excluding hydrogens is 380 g/mol. The van der Waals surface area contributed by atoms with Crippen molar-refractivity contribution in [1.29, 1.82) is 0 Å². The molecule has 30 heavy (non-hydrogen) atoms. The Balaban J connectivity index is 1.56. The van der Waals surface area contributed by atoms with Gasteiger partial charge in [0.15, 0.2) is 0 Å². The fourth-order valence-electron chi connectivity index (χ4n) is 4.35. The predicted octanol–water partition coefficient (Wildman–Crippen LogP) is 1.54. The van der Waals surface area contributed by atoms with Crippen LogP contribution in [-0.4, -0.2) is 47.8 Å². The lowest BCUT2D eigenvalue weighted by Crippen LogP contribution is -2.44. The summed E-state index contributed by atoms with van der Waals surface area (Å²) in [6.07, 6.45) is 5.69. The van der Waals surface area contributed by atoms with Gasteiger partial charge >= 0.3 is 0 Å². The van der Waals surface area contributed by atoms with Crippen molar-refractivity contribution >= 4 is 22.6 Å². The van der Waals surface area contributed by atoms with Gasteiger partial charge in [-0.1, -0.05) is 6.07 Å². The second-order valence-electron chi connectivity index (χ2n) is 7.97. The van der Waals surface area contributed by atoms with Crippen LogP contribution in [0.4, 0.5) is 5.95 Å². The van der Waals surface area contributed by atoms with Gasteiger partial charge in [-0.05, 0) is 38.8 Å². The molecule has 0 amide bonds. The van der Waals surface area contributed by atoms with Crippen molar-refractivity contribution in [2.24, 2.45) is 5.73 Å². The lowest BCUT2D eigenvalue weighted by Gasteiger charge is -2.31. The first-order valence-corrected chi connectivity index (χ1v) is 10.5. The van der Waals surface area contributed by atoms with Gasteiger partial charge in [-0.2, -0.15) is 5.10 Å². The molecule has 0 bridgehead atoms. The van der Waals surface area contributed by atoms with Crippen molar-refractivity contribution in [3.05, 3.63) is 52.3 Å². The SMILES string of the molecule is CCn1c(N2CCC[C@@H](N)C2)nc2cnn(Cc3cn4c(C)cccc4n3)c(=O)c21. The molecule has 5 heterocycles. The number of rotatable bonds is 4. The van der Waals surface area contributed by atoms with Crippen LogP contribution in [0.3, 0.4) is 0 Å². The highest BCUT2D eigenvalue weighted by Crippen LogP contribution is 2.23. The average molecular weight is 406 g/mol. The van der Waals surface area contributed by atoms with Crippen LogP contribution >= 0.6 is 0 Å². The van der Waals surface area contributed by atoms with Crippen molar-refractivity contribution in [3.8, 4) is 0 Å². The van der Waals surface area contributed by atoms with Crippen LogP contribution in [0.15, 0.2) is 35.4 Å². The molecule has 4 aromatic rings. The molecule has 0 saturated carbocycles. The lowest BCUT2D eigenvalue weighted by atomic mass is 10.1. The van der Waals surface area contributed by atoms with E-state index in [1.165, 1.54) is 4.68 Å². The minimum Gasteiger partial charge on any atom is -0.341 e. The van der Waals surface area contributed by atoms with Crippen LogP contribution in [0.1, 0.15) is 31.2 Å². The Kier molecular flexibility index (Phi) is 4.54. The number of piperidine rings is 1. The summed E-state index contributed by atoms with van der Waals surface area (Å²) in [6, 6.07) is 6.10. The summed E-state index contributed by atoms with van der Waals surface area (Å²) in [5.74, 6) is 0.808. The van der Waals surface area contributed by atoms with Crippen LogP contribution in [0, 0.1) is 6.92 Å². The molecule has 5 rings (SSSR count). The van der Waals surface area contributed by atoms with E-state index in [4.69, 9.17) is 10.7 Å². The van der Waals surface area contributed by atoms with Crippen LogP contribution in [0.2, 0.25) is 0 Å². The van der Waals surface area contributed by atoms with Crippen molar-refractivity contribution in [1.82, 2.24) is 28.7 Å². The molecular formula is C21H26N8O. The minimum absolute atomic E-state index is 0.136. The average Bonchev–Trinajstić information content (AvgIpc) is 3.32. The first-order valence-electron chi connectivity index (χ1n) is 10.5. The fourth-order valence-corrected chi connectivity index (χ4v) is 4.35. The summed E-state index contributed by atoms with van der Waals surface area (Å²) in [6.45, 7) is 6.69. The van der Waals surface area contributed by atoms with Crippen molar-refractivity contribution < 1.29 is 0 Å². The van der Waals surface area contributed by atoms with Gasteiger partial charge in [-0.3, -0.25) is 4.79 Å². The normalized spacial score (nSPS) is 17.3. The number of anilines is 1. The number of nitrogens with two attached hydrogens (primary N) is 1. The molecule has 0 radical (unpaired) electrons. The molecule has 0 aliphatic carbocycles. The molecule has 1 aliphatic heterocycles. The van der Waals surface area contributed by atoms with Gasteiger partial charge in [0.1, 0.15) is 16.7 Å². The minimum atomic E-state index is -0.150. The van der Waals surface area contributed by atoms with Gasteiger partial charge in [-0.25, -0.2) is 14.6 Å². The largest absolute Gasteiger partial charge is 0.341 e. The summed E-state index contributed by atoms with van der Waals surface area (Å²) < 4.78 is 5.48. The second kappa shape index (κ2) is 7.24. The third-order valence-corrected chi connectivity index (χ3v) is 5.85. The van der Waals surface area contributed by atoms with Crippen LogP contribution in [0.25, 0.3) is 16.7 Å². The summed E-state index contributed by atoms with van der Waals surface area (Å²) in [5, 5.41) is 4.38. The molecule has 4 aromatic heterocycles. The zero-order valence-electron chi connectivity index (χ0n) is 17.3. The Morgan fingerprint density at radius 1 is 1.27 bits per heavy atom. The molecule has 156 valence electrons. The van der Waals surface area contributed by atoms with Crippen LogP contribution in [-0.2, 0) is 13.1 Å². The number of imidazole rings is 2. The van der Waals surface area contributed by atoms with E-state index in [9.17, 15) is 4.79 Å². The van der Waals surface area contributed by atoms with Crippen molar-refractivity contribution in [2.75, 3.05) is 18.0 Å². The molecule has 1 aliphatic rings. The van der Waals surface area contributed by atoms with Gasteiger partial charge in [0.2, 0.25) is 5.95 Å². The molecule has 9 heteroatoms. The monoisotopic (exact) mass is 406 g/mol.